The highest BCUT2D eigenvalue weighted by molar-refractivity contribution is 5.96. The van der Waals surface area contributed by atoms with E-state index in [-0.39, 0.29) is 11.4 Å². The third-order valence-electron chi connectivity index (χ3n) is 1.49. The van der Waals surface area contributed by atoms with E-state index in [1.807, 2.05) is 5.32 Å². The van der Waals surface area contributed by atoms with Crippen molar-refractivity contribution in [1.29, 1.82) is 0 Å². The molecule has 1 amide bonds. The number of rotatable bonds is 3. The fourth-order valence-corrected chi connectivity index (χ4v) is 0.937. The SMILES string of the molecule is Cn1cc(N)c(C(=O)NCC(F)F)n1. The normalized spacial score (nSPS) is 10.6. The van der Waals surface area contributed by atoms with Gasteiger partial charge in [0.25, 0.3) is 12.3 Å². The Labute approximate surface area is 78.9 Å². The predicted molar refractivity (Wildman–Crippen MR) is 46.0 cm³/mol. The van der Waals surface area contributed by atoms with Crippen LogP contribution in [0.5, 0.6) is 0 Å². The number of nitrogen functional groups attached to an aromatic ring is 1. The van der Waals surface area contributed by atoms with Crippen molar-refractivity contribution >= 4 is 11.6 Å². The second kappa shape index (κ2) is 4.03. The van der Waals surface area contributed by atoms with E-state index >= 15 is 0 Å². The highest BCUT2D eigenvalue weighted by Crippen LogP contribution is 2.07. The van der Waals surface area contributed by atoms with Crippen molar-refractivity contribution < 1.29 is 13.6 Å². The molecule has 3 N–H and O–H groups in total. The molecule has 5 nitrogen and oxygen atoms in total. The Morgan fingerprint density at radius 3 is 2.86 bits per heavy atom. The monoisotopic (exact) mass is 204 g/mol. The number of aromatic nitrogens is 2. The first-order chi connectivity index (χ1) is 6.50. The molecule has 0 bridgehead atoms. The Hall–Kier alpha value is -1.66. The number of hydrogen-bond donors (Lipinski definition) is 2. The number of carbonyl (C=O) groups is 1. The molecule has 78 valence electrons. The minimum Gasteiger partial charge on any atom is -0.396 e. The molecule has 1 rings (SSSR count). The van der Waals surface area contributed by atoms with Crippen LogP contribution in [0, 0.1) is 0 Å². The summed E-state index contributed by atoms with van der Waals surface area (Å²) < 4.78 is 24.8. The fourth-order valence-electron chi connectivity index (χ4n) is 0.937. The number of nitrogens with one attached hydrogen (secondary N) is 1. The maximum Gasteiger partial charge on any atom is 0.274 e. The topological polar surface area (TPSA) is 72.9 Å². The lowest BCUT2D eigenvalue weighted by atomic mass is 10.3. The fraction of sp³-hybridized carbons (Fsp3) is 0.429. The summed E-state index contributed by atoms with van der Waals surface area (Å²) in [7, 11) is 1.58. The summed E-state index contributed by atoms with van der Waals surface area (Å²) in [6, 6.07) is 0. The molecule has 0 saturated heterocycles. The first kappa shape index (κ1) is 10.4. The lowest BCUT2D eigenvalue weighted by molar-refractivity contribution is 0.0887. The smallest absolute Gasteiger partial charge is 0.274 e. The van der Waals surface area contributed by atoms with Gasteiger partial charge in [0.15, 0.2) is 5.69 Å². The van der Waals surface area contributed by atoms with Crippen LogP contribution in [-0.4, -0.2) is 28.7 Å². The summed E-state index contributed by atoms with van der Waals surface area (Å²) >= 11 is 0. The molecular formula is C7H10F2N4O. The molecule has 0 aliphatic carbocycles. The zero-order valence-corrected chi connectivity index (χ0v) is 7.50. The van der Waals surface area contributed by atoms with Gasteiger partial charge in [0.05, 0.1) is 12.2 Å². The van der Waals surface area contributed by atoms with Gasteiger partial charge < -0.3 is 11.1 Å². The molecule has 0 atom stereocenters. The van der Waals surface area contributed by atoms with Gasteiger partial charge in [-0.1, -0.05) is 0 Å². The number of aryl methyl sites for hydroxylation is 1. The van der Waals surface area contributed by atoms with Crippen LogP contribution in [-0.2, 0) is 7.05 Å². The number of hydrogen-bond acceptors (Lipinski definition) is 3. The van der Waals surface area contributed by atoms with Crippen LogP contribution >= 0.6 is 0 Å². The van der Waals surface area contributed by atoms with Crippen LogP contribution in [0.1, 0.15) is 10.5 Å². The molecule has 1 heterocycles. The van der Waals surface area contributed by atoms with Crippen LogP contribution in [0.25, 0.3) is 0 Å². The highest BCUT2D eigenvalue weighted by atomic mass is 19.3. The number of halogens is 2. The largest absolute Gasteiger partial charge is 0.396 e. The van der Waals surface area contributed by atoms with Gasteiger partial charge in [-0.3, -0.25) is 9.48 Å². The first-order valence-electron chi connectivity index (χ1n) is 3.86. The first-order valence-corrected chi connectivity index (χ1v) is 3.86. The number of alkyl halides is 2. The third-order valence-corrected chi connectivity index (χ3v) is 1.49. The Bertz CT molecular complexity index is 336. The van der Waals surface area contributed by atoms with E-state index in [1.165, 1.54) is 10.9 Å². The average Bonchev–Trinajstić information content (AvgIpc) is 2.41. The molecule has 0 aliphatic heterocycles. The molecule has 0 unspecified atom stereocenters. The molecule has 0 aromatic carbocycles. The summed E-state index contributed by atoms with van der Waals surface area (Å²) in [5, 5.41) is 5.73. The summed E-state index contributed by atoms with van der Waals surface area (Å²) in [6.45, 7) is -0.700. The highest BCUT2D eigenvalue weighted by Gasteiger charge is 2.14. The zero-order chi connectivity index (χ0) is 10.7. The molecule has 0 aliphatic rings. The molecule has 0 fully saturated rings. The number of anilines is 1. The van der Waals surface area contributed by atoms with Gasteiger partial charge in [-0.2, -0.15) is 5.10 Å². The number of nitrogens with two attached hydrogens (primary N) is 1. The van der Waals surface area contributed by atoms with Crippen molar-refractivity contribution in [2.24, 2.45) is 7.05 Å². The second-order valence-electron chi connectivity index (χ2n) is 2.71. The molecule has 14 heavy (non-hydrogen) atoms. The van der Waals surface area contributed by atoms with Crippen molar-refractivity contribution in [3.63, 3.8) is 0 Å². The van der Waals surface area contributed by atoms with Gasteiger partial charge in [-0.25, -0.2) is 8.78 Å². The van der Waals surface area contributed by atoms with Crippen LogP contribution in [0.3, 0.4) is 0 Å². The Morgan fingerprint density at radius 2 is 2.43 bits per heavy atom. The summed E-state index contributed by atoms with van der Waals surface area (Å²) in [5.41, 5.74) is 5.55. The maximum atomic E-state index is 11.7. The predicted octanol–water partition coefficient (Wildman–Crippen LogP) is -0.00280. The van der Waals surface area contributed by atoms with Gasteiger partial charge >= 0.3 is 0 Å². The van der Waals surface area contributed by atoms with E-state index < -0.39 is 18.9 Å². The molecule has 0 radical (unpaired) electrons. The van der Waals surface area contributed by atoms with Gasteiger partial charge in [-0.15, -0.1) is 0 Å². The minimum atomic E-state index is -2.58. The standard InChI is InChI=1S/C7H10F2N4O/c1-13-3-4(10)6(12-13)7(14)11-2-5(8)9/h3,5H,2,10H2,1H3,(H,11,14). The molecule has 0 spiro atoms. The van der Waals surface area contributed by atoms with E-state index in [1.54, 1.807) is 7.05 Å². The van der Waals surface area contributed by atoms with Gasteiger partial charge in [-0.05, 0) is 0 Å². The third kappa shape index (κ3) is 2.41. The quantitative estimate of drug-likeness (QED) is 0.727. The van der Waals surface area contributed by atoms with Crippen molar-refractivity contribution in [2.75, 3.05) is 12.3 Å². The second-order valence-corrected chi connectivity index (χ2v) is 2.71. The number of carbonyl (C=O) groups excluding carboxylic acids is 1. The summed E-state index contributed by atoms with van der Waals surface area (Å²) in [5.74, 6) is -0.691. The Kier molecular flexibility index (Phi) is 3.00. The molecular weight excluding hydrogens is 194 g/mol. The van der Waals surface area contributed by atoms with Crippen LogP contribution < -0.4 is 11.1 Å². The van der Waals surface area contributed by atoms with Crippen molar-refractivity contribution in [2.45, 2.75) is 6.43 Å². The van der Waals surface area contributed by atoms with Crippen LogP contribution in [0.2, 0.25) is 0 Å². The van der Waals surface area contributed by atoms with E-state index in [0.717, 1.165) is 0 Å². The number of nitrogens with zero attached hydrogens (tertiary/aromatic N) is 2. The summed E-state index contributed by atoms with van der Waals surface area (Å²) in [4.78, 5) is 11.2. The van der Waals surface area contributed by atoms with E-state index in [4.69, 9.17) is 5.73 Å². The van der Waals surface area contributed by atoms with Crippen molar-refractivity contribution in [3.05, 3.63) is 11.9 Å². The van der Waals surface area contributed by atoms with E-state index in [0.29, 0.717) is 0 Å². The van der Waals surface area contributed by atoms with E-state index in [2.05, 4.69) is 5.10 Å². The Morgan fingerprint density at radius 1 is 1.79 bits per heavy atom. The van der Waals surface area contributed by atoms with Gasteiger partial charge in [0.1, 0.15) is 0 Å². The summed E-state index contributed by atoms with van der Waals surface area (Å²) in [6.07, 6.45) is -1.15. The average molecular weight is 204 g/mol. The van der Waals surface area contributed by atoms with Gasteiger partial charge in [0, 0.05) is 13.2 Å². The minimum absolute atomic E-state index is 0.0341. The van der Waals surface area contributed by atoms with Gasteiger partial charge in [0.2, 0.25) is 0 Å². The van der Waals surface area contributed by atoms with Crippen molar-refractivity contribution in [1.82, 2.24) is 15.1 Å². The van der Waals surface area contributed by atoms with Crippen LogP contribution in [0.4, 0.5) is 14.5 Å². The number of amides is 1. The lowest BCUT2D eigenvalue weighted by Gasteiger charge is -2.01. The maximum absolute atomic E-state index is 11.7. The molecule has 7 heteroatoms. The zero-order valence-electron chi connectivity index (χ0n) is 7.50. The van der Waals surface area contributed by atoms with E-state index in [9.17, 15) is 13.6 Å². The molecule has 1 aromatic heterocycles. The van der Waals surface area contributed by atoms with Crippen LogP contribution in [0.15, 0.2) is 6.20 Å². The molecule has 1 aromatic rings. The molecule has 0 saturated carbocycles. The Balaban J connectivity index is 2.65. The lowest BCUT2D eigenvalue weighted by Crippen LogP contribution is -2.29. The van der Waals surface area contributed by atoms with Crippen molar-refractivity contribution in [3.8, 4) is 0 Å².